The maximum atomic E-state index is 14.7. The van der Waals surface area contributed by atoms with Crippen LogP contribution in [0.4, 0.5) is 4.39 Å². The van der Waals surface area contributed by atoms with Crippen LogP contribution in [0.2, 0.25) is 0 Å². The van der Waals surface area contributed by atoms with Crippen molar-refractivity contribution in [2.75, 3.05) is 34.0 Å². The fourth-order valence-corrected chi connectivity index (χ4v) is 5.03. The highest BCUT2D eigenvalue weighted by Gasteiger charge is 2.42. The number of carbonyl (C=O) groups is 5. The highest BCUT2D eigenvalue weighted by molar-refractivity contribution is 6.38. The number of methoxy groups -OCH3 is 2. The number of likely N-dealkylation sites (tertiary alicyclic amines) is 1. The van der Waals surface area contributed by atoms with Gasteiger partial charge in [-0.2, -0.15) is 0 Å². The number of carboxylic acids is 1. The number of aryl methyl sites for hydroxylation is 1. The Bertz CT molecular complexity index is 1440. The Hall–Kier alpha value is -4.68. The van der Waals surface area contributed by atoms with E-state index in [-0.39, 0.29) is 37.3 Å². The van der Waals surface area contributed by atoms with E-state index in [1.807, 2.05) is 0 Å². The molecule has 0 aliphatic carbocycles. The number of ether oxygens (including phenoxy) is 5. The van der Waals surface area contributed by atoms with Crippen LogP contribution in [0, 0.1) is 11.2 Å². The fourth-order valence-electron chi connectivity index (χ4n) is 5.03. The first-order valence-electron chi connectivity index (χ1n) is 14.8. The Morgan fingerprint density at radius 1 is 1.02 bits per heavy atom. The van der Waals surface area contributed by atoms with E-state index in [1.54, 1.807) is 18.2 Å². The van der Waals surface area contributed by atoms with Gasteiger partial charge in [-0.1, -0.05) is 6.07 Å². The summed E-state index contributed by atoms with van der Waals surface area (Å²) in [6.45, 7) is 3.27. The molecular formula is C33H40FNO11. The lowest BCUT2D eigenvalue weighted by atomic mass is 9.87. The minimum Gasteiger partial charge on any atom is -0.493 e. The van der Waals surface area contributed by atoms with Crippen LogP contribution in [0.15, 0.2) is 36.4 Å². The number of halogens is 1. The van der Waals surface area contributed by atoms with E-state index < -0.39 is 59.6 Å². The maximum Gasteiger partial charge on any atom is 0.341 e. The van der Waals surface area contributed by atoms with Gasteiger partial charge in [0.25, 0.3) is 5.91 Å². The summed E-state index contributed by atoms with van der Waals surface area (Å²) in [7, 11) is 3.01. The number of Topliss-reactive ketones (excluding diaryl/α,β-unsaturated/α-hetero) is 1. The first kappa shape index (κ1) is 35.8. The number of ketones is 1. The average molecular weight is 646 g/mol. The van der Waals surface area contributed by atoms with Crippen molar-refractivity contribution in [3.63, 3.8) is 0 Å². The maximum absolute atomic E-state index is 14.7. The zero-order chi connectivity index (χ0) is 34.0. The van der Waals surface area contributed by atoms with Crippen molar-refractivity contribution in [3.05, 3.63) is 53.3 Å². The average Bonchev–Trinajstić information content (AvgIpc) is 3.03. The number of hydrogen-bond donors (Lipinski definition) is 1. The molecule has 1 fully saturated rings. The molecule has 1 heterocycles. The molecule has 1 N–H and O–H groups in total. The number of carbonyl (C=O) groups excluding carboxylic acids is 4. The molecule has 12 nitrogen and oxygen atoms in total. The number of carboxylic acid groups (broad SMARTS) is 1. The number of benzene rings is 2. The molecule has 0 aromatic heterocycles. The van der Waals surface area contributed by atoms with Crippen LogP contribution in [-0.4, -0.2) is 79.6 Å². The van der Waals surface area contributed by atoms with Gasteiger partial charge in [0.05, 0.1) is 19.6 Å². The summed E-state index contributed by atoms with van der Waals surface area (Å²) in [6, 6.07) is 7.77. The number of aliphatic carboxylic acids is 1. The van der Waals surface area contributed by atoms with Gasteiger partial charge >= 0.3 is 17.9 Å². The van der Waals surface area contributed by atoms with Gasteiger partial charge in [0, 0.05) is 19.5 Å². The number of rotatable bonds is 15. The van der Waals surface area contributed by atoms with Crippen LogP contribution in [0.25, 0.3) is 0 Å². The van der Waals surface area contributed by atoms with Crippen LogP contribution >= 0.6 is 0 Å². The van der Waals surface area contributed by atoms with E-state index in [1.165, 1.54) is 46.0 Å². The first-order valence-corrected chi connectivity index (χ1v) is 14.8. The van der Waals surface area contributed by atoms with E-state index >= 15 is 0 Å². The molecule has 0 unspecified atom stereocenters. The lowest BCUT2D eigenvalue weighted by molar-refractivity contribution is -0.165. The molecule has 3 rings (SSSR count). The summed E-state index contributed by atoms with van der Waals surface area (Å²) in [5.74, 6) is -4.14. The van der Waals surface area contributed by atoms with Crippen LogP contribution in [-0.2, 0) is 39.9 Å². The van der Waals surface area contributed by atoms with Crippen molar-refractivity contribution in [1.29, 1.82) is 0 Å². The molecule has 2 aromatic carbocycles. The molecule has 1 aliphatic heterocycles. The fraction of sp³-hybridized carbons (Fsp3) is 0.485. The van der Waals surface area contributed by atoms with E-state index in [0.717, 1.165) is 17.7 Å². The number of hydrogen-bond acceptors (Lipinski definition) is 10. The zero-order valence-electron chi connectivity index (χ0n) is 26.6. The van der Waals surface area contributed by atoms with Crippen LogP contribution < -0.4 is 14.2 Å². The highest BCUT2D eigenvalue weighted by atomic mass is 19.1. The minimum atomic E-state index is -1.33. The second-order valence-corrected chi connectivity index (χ2v) is 11.6. The molecule has 1 amide bonds. The summed E-state index contributed by atoms with van der Waals surface area (Å²) < 4.78 is 41.5. The van der Waals surface area contributed by atoms with E-state index in [4.69, 9.17) is 28.8 Å². The molecule has 250 valence electrons. The van der Waals surface area contributed by atoms with Gasteiger partial charge in [-0.15, -0.1) is 0 Å². The SMILES string of the molecule is COc1ccc(CC[C@@H](OC(=O)[C@@H]2CCCCN2C(=O)C(=O)C(C)(C)COC(C)=O)c2cc(F)cc(OCC(=O)O)c2)cc1OC. The second-order valence-electron chi connectivity index (χ2n) is 11.6. The summed E-state index contributed by atoms with van der Waals surface area (Å²) in [6.07, 6.45) is 0.857. The lowest BCUT2D eigenvalue weighted by Gasteiger charge is -2.36. The van der Waals surface area contributed by atoms with Crippen LogP contribution in [0.5, 0.6) is 17.2 Å². The van der Waals surface area contributed by atoms with Gasteiger partial charge in [-0.05, 0) is 81.3 Å². The van der Waals surface area contributed by atoms with Crippen molar-refractivity contribution >= 4 is 29.6 Å². The van der Waals surface area contributed by atoms with Gasteiger partial charge in [-0.25, -0.2) is 14.0 Å². The van der Waals surface area contributed by atoms with Gasteiger partial charge in [0.15, 0.2) is 18.1 Å². The van der Waals surface area contributed by atoms with E-state index in [9.17, 15) is 28.4 Å². The summed E-state index contributed by atoms with van der Waals surface area (Å²) in [5, 5.41) is 9.00. The van der Waals surface area contributed by atoms with Crippen LogP contribution in [0.3, 0.4) is 0 Å². The van der Waals surface area contributed by atoms with E-state index in [2.05, 4.69) is 0 Å². The number of amides is 1. The van der Waals surface area contributed by atoms with Crippen molar-refractivity contribution in [2.24, 2.45) is 5.41 Å². The van der Waals surface area contributed by atoms with Gasteiger partial charge in [0.2, 0.25) is 5.78 Å². The molecular weight excluding hydrogens is 605 g/mol. The summed E-state index contributed by atoms with van der Waals surface area (Å²) in [5.41, 5.74) is -0.320. The summed E-state index contributed by atoms with van der Waals surface area (Å²) in [4.78, 5) is 63.8. The van der Waals surface area contributed by atoms with E-state index in [0.29, 0.717) is 30.8 Å². The predicted octanol–water partition coefficient (Wildman–Crippen LogP) is 4.06. The third-order valence-corrected chi connectivity index (χ3v) is 7.51. The lowest BCUT2D eigenvalue weighted by Crippen LogP contribution is -2.53. The Morgan fingerprint density at radius 3 is 2.39 bits per heavy atom. The predicted molar refractivity (Wildman–Crippen MR) is 161 cm³/mol. The quantitative estimate of drug-likeness (QED) is 0.220. The molecule has 13 heteroatoms. The molecule has 1 aliphatic rings. The highest BCUT2D eigenvalue weighted by Crippen LogP contribution is 2.33. The standard InChI is InChI=1S/C33H40FNO11/c1-20(36)45-19-33(2,3)30(39)31(40)35-13-7-6-8-25(35)32(41)46-26(11-9-21-10-12-27(42-4)28(14-21)43-5)22-15-23(34)17-24(16-22)44-18-29(37)38/h10,12,14-17,25-26H,6-9,11,13,18-19H2,1-5H3,(H,37,38)/t25-,26+/m0/s1. The Labute approximate surface area is 266 Å². The molecule has 1 saturated heterocycles. The van der Waals surface area contributed by atoms with Crippen LogP contribution in [0.1, 0.15) is 63.7 Å². The Kier molecular flexibility index (Phi) is 12.5. The molecule has 2 atom stereocenters. The van der Waals surface area contributed by atoms with Crippen molar-refractivity contribution in [1.82, 2.24) is 4.90 Å². The summed E-state index contributed by atoms with van der Waals surface area (Å²) >= 11 is 0. The first-order chi connectivity index (χ1) is 21.7. The third-order valence-electron chi connectivity index (χ3n) is 7.51. The van der Waals surface area contributed by atoms with Crippen molar-refractivity contribution in [2.45, 2.75) is 65.0 Å². The minimum absolute atomic E-state index is 0.0698. The largest absolute Gasteiger partial charge is 0.493 e. The molecule has 0 bridgehead atoms. The van der Waals surface area contributed by atoms with Crippen molar-refractivity contribution < 1.29 is 57.2 Å². The number of esters is 2. The third kappa shape index (κ3) is 9.66. The smallest absolute Gasteiger partial charge is 0.341 e. The molecule has 0 saturated carbocycles. The molecule has 0 spiro atoms. The Balaban J connectivity index is 1.89. The monoisotopic (exact) mass is 645 g/mol. The Morgan fingerprint density at radius 2 is 1.74 bits per heavy atom. The van der Waals surface area contributed by atoms with Gasteiger partial charge in [0.1, 0.15) is 30.3 Å². The normalized spacial score (nSPS) is 15.3. The van der Waals surface area contributed by atoms with Gasteiger partial charge < -0.3 is 33.7 Å². The molecule has 2 aromatic rings. The topological polar surface area (TPSA) is 155 Å². The zero-order valence-corrected chi connectivity index (χ0v) is 26.6. The van der Waals surface area contributed by atoms with Crippen molar-refractivity contribution in [3.8, 4) is 17.2 Å². The van der Waals surface area contributed by atoms with Gasteiger partial charge in [-0.3, -0.25) is 14.4 Å². The molecule has 46 heavy (non-hydrogen) atoms. The number of nitrogens with zero attached hydrogens (tertiary/aromatic N) is 1. The molecule has 0 radical (unpaired) electrons. The number of piperidine rings is 1. The second kappa shape index (κ2) is 16.1.